The molecule has 2 heterocycles. The minimum Gasteiger partial charge on any atom is -0.356 e. The van der Waals surface area contributed by atoms with Gasteiger partial charge in [-0.2, -0.15) is 0 Å². The molecule has 2 amide bonds. The molecule has 0 atom stereocenters. The zero-order valence-electron chi connectivity index (χ0n) is 15.4. The summed E-state index contributed by atoms with van der Waals surface area (Å²) in [5, 5.41) is 0. The highest BCUT2D eigenvalue weighted by molar-refractivity contribution is 5.97. The minimum absolute atomic E-state index is 0.0371. The van der Waals surface area contributed by atoms with Crippen LogP contribution in [-0.4, -0.2) is 52.4 Å². The lowest BCUT2D eigenvalue weighted by Crippen LogP contribution is -2.50. The first-order valence-corrected chi connectivity index (χ1v) is 8.65. The van der Waals surface area contributed by atoms with Crippen molar-refractivity contribution in [3.8, 4) is 0 Å². The number of hydrogen-bond acceptors (Lipinski definition) is 2. The summed E-state index contributed by atoms with van der Waals surface area (Å²) in [6.45, 7) is 8.36. The average Bonchev–Trinajstić information content (AvgIpc) is 3.03. The number of aryl methyl sites for hydroxylation is 4. The molecule has 1 aromatic heterocycles. The van der Waals surface area contributed by atoms with Gasteiger partial charge in [0.25, 0.3) is 11.8 Å². The van der Waals surface area contributed by atoms with E-state index in [1.54, 1.807) is 0 Å². The Kier molecular flexibility index (Phi) is 4.66. The maximum absolute atomic E-state index is 12.9. The summed E-state index contributed by atoms with van der Waals surface area (Å²) in [7, 11) is 1.90. The Morgan fingerprint density at radius 3 is 1.96 bits per heavy atom. The first-order chi connectivity index (χ1) is 11.9. The van der Waals surface area contributed by atoms with E-state index in [2.05, 4.69) is 13.0 Å². The van der Waals surface area contributed by atoms with Crippen molar-refractivity contribution in [3.63, 3.8) is 0 Å². The molecule has 1 aliphatic rings. The van der Waals surface area contributed by atoms with E-state index >= 15 is 0 Å². The van der Waals surface area contributed by atoms with Crippen molar-refractivity contribution < 1.29 is 9.59 Å². The van der Waals surface area contributed by atoms with Gasteiger partial charge in [0.2, 0.25) is 0 Å². The molecule has 1 fully saturated rings. The van der Waals surface area contributed by atoms with Crippen molar-refractivity contribution in [1.82, 2.24) is 14.4 Å². The highest BCUT2D eigenvalue weighted by atomic mass is 16.2. The number of amides is 2. The van der Waals surface area contributed by atoms with Crippen LogP contribution >= 0.6 is 0 Å². The van der Waals surface area contributed by atoms with Crippen molar-refractivity contribution in [3.05, 3.63) is 58.4 Å². The molecule has 1 aromatic carbocycles. The SMILES string of the molecule is Cc1cc(C)c(C(=O)N2CCN(C(=O)c3ccn(C)c3)CC2)cc1C. The third kappa shape index (κ3) is 3.45. The lowest BCUT2D eigenvalue weighted by atomic mass is 10.00. The molecule has 25 heavy (non-hydrogen) atoms. The van der Waals surface area contributed by atoms with Gasteiger partial charge in [-0.3, -0.25) is 9.59 Å². The fourth-order valence-corrected chi connectivity index (χ4v) is 3.29. The maximum atomic E-state index is 12.9. The highest BCUT2D eigenvalue weighted by Crippen LogP contribution is 2.18. The van der Waals surface area contributed by atoms with Crippen LogP contribution in [0.25, 0.3) is 0 Å². The highest BCUT2D eigenvalue weighted by Gasteiger charge is 2.26. The van der Waals surface area contributed by atoms with Crippen molar-refractivity contribution in [2.24, 2.45) is 7.05 Å². The van der Waals surface area contributed by atoms with E-state index in [9.17, 15) is 9.59 Å². The molecule has 1 aliphatic heterocycles. The van der Waals surface area contributed by atoms with Gasteiger partial charge in [-0.15, -0.1) is 0 Å². The summed E-state index contributed by atoms with van der Waals surface area (Å²) in [5.41, 5.74) is 4.81. The van der Waals surface area contributed by atoms with Crippen molar-refractivity contribution in [1.29, 1.82) is 0 Å². The Morgan fingerprint density at radius 2 is 1.40 bits per heavy atom. The Labute approximate surface area is 148 Å². The number of piperazine rings is 1. The molecule has 0 bridgehead atoms. The molecule has 0 radical (unpaired) electrons. The number of benzene rings is 1. The largest absolute Gasteiger partial charge is 0.356 e. The molecule has 132 valence electrons. The van der Waals surface area contributed by atoms with Crippen LogP contribution in [0.2, 0.25) is 0 Å². The number of nitrogens with zero attached hydrogens (tertiary/aromatic N) is 3. The fraction of sp³-hybridized carbons (Fsp3) is 0.400. The van der Waals surface area contributed by atoms with E-state index in [4.69, 9.17) is 0 Å². The lowest BCUT2D eigenvalue weighted by molar-refractivity contribution is 0.0535. The van der Waals surface area contributed by atoms with Crippen LogP contribution in [-0.2, 0) is 7.05 Å². The van der Waals surface area contributed by atoms with Gasteiger partial charge in [-0.1, -0.05) is 6.07 Å². The molecule has 3 rings (SSSR count). The van der Waals surface area contributed by atoms with Crippen molar-refractivity contribution in [2.45, 2.75) is 20.8 Å². The van der Waals surface area contributed by atoms with Crippen LogP contribution < -0.4 is 0 Å². The van der Waals surface area contributed by atoms with Crippen LogP contribution in [0.3, 0.4) is 0 Å². The number of carbonyl (C=O) groups is 2. The number of aromatic nitrogens is 1. The number of carbonyl (C=O) groups excluding carboxylic acids is 2. The summed E-state index contributed by atoms with van der Waals surface area (Å²) in [5.74, 6) is 0.0995. The van der Waals surface area contributed by atoms with E-state index in [-0.39, 0.29) is 11.8 Å². The van der Waals surface area contributed by atoms with Gasteiger partial charge < -0.3 is 14.4 Å². The summed E-state index contributed by atoms with van der Waals surface area (Å²) in [6.07, 6.45) is 3.70. The second kappa shape index (κ2) is 6.75. The molecule has 5 heteroatoms. The summed E-state index contributed by atoms with van der Waals surface area (Å²) >= 11 is 0. The molecule has 0 spiro atoms. The Hall–Kier alpha value is -2.56. The number of hydrogen-bond donors (Lipinski definition) is 0. The molecule has 0 N–H and O–H groups in total. The van der Waals surface area contributed by atoms with Crippen LogP contribution in [0.5, 0.6) is 0 Å². The van der Waals surface area contributed by atoms with Crippen LogP contribution in [0.15, 0.2) is 30.6 Å². The smallest absolute Gasteiger partial charge is 0.255 e. The zero-order valence-corrected chi connectivity index (χ0v) is 15.4. The lowest BCUT2D eigenvalue weighted by Gasteiger charge is -2.35. The number of rotatable bonds is 2. The first-order valence-electron chi connectivity index (χ1n) is 8.65. The van der Waals surface area contributed by atoms with Gasteiger partial charge in [-0.05, 0) is 49.6 Å². The van der Waals surface area contributed by atoms with Gasteiger partial charge in [-0.25, -0.2) is 0 Å². The quantitative estimate of drug-likeness (QED) is 0.844. The third-order valence-electron chi connectivity index (χ3n) is 5.00. The predicted octanol–water partition coefficient (Wildman–Crippen LogP) is 2.55. The van der Waals surface area contributed by atoms with Gasteiger partial charge in [0.15, 0.2) is 0 Å². The first kappa shape index (κ1) is 17.3. The second-order valence-electron chi connectivity index (χ2n) is 6.90. The Morgan fingerprint density at radius 1 is 0.840 bits per heavy atom. The van der Waals surface area contributed by atoms with Gasteiger partial charge >= 0.3 is 0 Å². The fourth-order valence-electron chi connectivity index (χ4n) is 3.29. The zero-order chi connectivity index (χ0) is 18.1. The minimum atomic E-state index is 0.0371. The monoisotopic (exact) mass is 339 g/mol. The van der Waals surface area contributed by atoms with Crippen molar-refractivity contribution in [2.75, 3.05) is 26.2 Å². The van der Waals surface area contributed by atoms with Crippen LogP contribution in [0.4, 0.5) is 0 Å². The molecule has 2 aromatic rings. The maximum Gasteiger partial charge on any atom is 0.255 e. The standard InChI is InChI=1S/C20H25N3O2/c1-14-11-16(3)18(12-15(14)2)20(25)23-9-7-22(8-10-23)19(24)17-5-6-21(4)13-17/h5-6,11-13H,7-10H2,1-4H3. The van der Waals surface area contributed by atoms with Gasteiger partial charge in [0.1, 0.15) is 0 Å². The Bertz CT molecular complexity index is 814. The van der Waals surface area contributed by atoms with E-state index in [0.717, 1.165) is 16.7 Å². The molecule has 0 aliphatic carbocycles. The van der Waals surface area contributed by atoms with Gasteiger partial charge in [0.05, 0.1) is 5.56 Å². The molecule has 0 saturated carbocycles. The second-order valence-corrected chi connectivity index (χ2v) is 6.90. The van der Waals surface area contributed by atoms with Gasteiger partial charge in [0, 0.05) is 51.2 Å². The summed E-state index contributed by atoms with van der Waals surface area (Å²) < 4.78 is 1.87. The van der Waals surface area contributed by atoms with Crippen LogP contribution in [0.1, 0.15) is 37.4 Å². The van der Waals surface area contributed by atoms with E-state index in [0.29, 0.717) is 31.7 Å². The van der Waals surface area contributed by atoms with E-state index in [1.807, 2.05) is 59.8 Å². The van der Waals surface area contributed by atoms with E-state index in [1.165, 1.54) is 5.56 Å². The van der Waals surface area contributed by atoms with E-state index < -0.39 is 0 Å². The molecule has 1 saturated heterocycles. The molecule has 0 unspecified atom stereocenters. The predicted molar refractivity (Wildman–Crippen MR) is 97.9 cm³/mol. The molecular weight excluding hydrogens is 314 g/mol. The normalized spacial score (nSPS) is 14.7. The molecular formula is C20H25N3O2. The topological polar surface area (TPSA) is 45.6 Å². The third-order valence-corrected chi connectivity index (χ3v) is 5.00. The van der Waals surface area contributed by atoms with Crippen molar-refractivity contribution >= 4 is 11.8 Å². The summed E-state index contributed by atoms with van der Waals surface area (Å²) in [4.78, 5) is 29.0. The van der Waals surface area contributed by atoms with Crippen LogP contribution in [0, 0.1) is 20.8 Å². The summed E-state index contributed by atoms with van der Waals surface area (Å²) in [6, 6.07) is 5.88. The Balaban J connectivity index is 1.67. The molecule has 5 nitrogen and oxygen atoms in total. The average molecular weight is 339 g/mol.